The monoisotopic (exact) mass is 320 g/mol. The molecule has 100 valence electrons. The molecule has 8 heteroatoms. The summed E-state index contributed by atoms with van der Waals surface area (Å²) in [6.07, 6.45) is 0. The van der Waals surface area contributed by atoms with Gasteiger partial charge < -0.3 is 20.3 Å². The standard InChI is InChI=1S/C10H13BrN2O5/c1-17-7-3-5(6(12)4-14)9(13(15)16)8(11)10(7)18-2/h3,6,14H,4,12H2,1-2H3/t6-/m0/s1. The van der Waals surface area contributed by atoms with E-state index in [4.69, 9.17) is 20.3 Å². The van der Waals surface area contributed by atoms with Gasteiger partial charge in [-0.25, -0.2) is 0 Å². The van der Waals surface area contributed by atoms with E-state index < -0.39 is 17.6 Å². The summed E-state index contributed by atoms with van der Waals surface area (Å²) in [6.45, 7) is -0.414. The Morgan fingerprint density at radius 3 is 2.56 bits per heavy atom. The first-order valence-corrected chi connectivity index (χ1v) is 5.72. The molecule has 18 heavy (non-hydrogen) atoms. The molecule has 0 amide bonds. The summed E-state index contributed by atoms with van der Waals surface area (Å²) < 4.78 is 10.3. The van der Waals surface area contributed by atoms with Gasteiger partial charge in [0.25, 0.3) is 5.69 Å². The largest absolute Gasteiger partial charge is 0.493 e. The second-order valence-corrected chi connectivity index (χ2v) is 4.20. The quantitative estimate of drug-likeness (QED) is 0.626. The normalized spacial score (nSPS) is 12.1. The number of rotatable bonds is 5. The lowest BCUT2D eigenvalue weighted by molar-refractivity contribution is -0.386. The summed E-state index contributed by atoms with van der Waals surface area (Å²) in [5.74, 6) is 0.506. The van der Waals surface area contributed by atoms with Crippen LogP contribution in [0.5, 0.6) is 11.5 Å². The van der Waals surface area contributed by atoms with Crippen LogP contribution < -0.4 is 15.2 Å². The second-order valence-electron chi connectivity index (χ2n) is 3.41. The Labute approximate surface area is 112 Å². The van der Waals surface area contributed by atoms with Gasteiger partial charge in [0.05, 0.1) is 37.4 Å². The molecule has 3 N–H and O–H groups in total. The summed E-state index contributed by atoms with van der Waals surface area (Å²) in [6, 6.07) is 0.518. The number of nitrogens with two attached hydrogens (primary N) is 1. The van der Waals surface area contributed by atoms with Crippen molar-refractivity contribution in [3.63, 3.8) is 0 Å². The molecule has 1 aromatic carbocycles. The van der Waals surface area contributed by atoms with Crippen LogP contribution in [0.15, 0.2) is 10.5 Å². The highest BCUT2D eigenvalue weighted by molar-refractivity contribution is 9.10. The Kier molecular flexibility index (Phi) is 4.88. The van der Waals surface area contributed by atoms with E-state index in [2.05, 4.69) is 15.9 Å². The molecule has 0 heterocycles. The van der Waals surface area contributed by atoms with Crippen LogP contribution in [0.2, 0.25) is 0 Å². The molecule has 1 atom stereocenters. The van der Waals surface area contributed by atoms with E-state index in [-0.39, 0.29) is 21.5 Å². The number of hydrogen-bond donors (Lipinski definition) is 2. The van der Waals surface area contributed by atoms with Gasteiger partial charge in [-0.2, -0.15) is 0 Å². The van der Waals surface area contributed by atoms with Gasteiger partial charge in [0.2, 0.25) is 0 Å². The minimum absolute atomic E-state index is 0.133. The van der Waals surface area contributed by atoms with Crippen LogP contribution in [0.4, 0.5) is 5.69 Å². The SMILES string of the molecule is COc1cc([C@@H](N)CO)c([N+](=O)[O-])c(Br)c1OC. The molecule has 0 saturated carbocycles. The van der Waals surface area contributed by atoms with Crippen molar-refractivity contribution in [2.45, 2.75) is 6.04 Å². The van der Waals surface area contributed by atoms with Crippen molar-refractivity contribution in [3.05, 3.63) is 26.2 Å². The van der Waals surface area contributed by atoms with Crippen LogP contribution in [0.1, 0.15) is 11.6 Å². The molecule has 0 spiro atoms. The van der Waals surface area contributed by atoms with Crippen LogP contribution in [0.3, 0.4) is 0 Å². The van der Waals surface area contributed by atoms with E-state index in [0.29, 0.717) is 5.75 Å². The summed E-state index contributed by atoms with van der Waals surface area (Å²) in [5, 5.41) is 20.1. The maximum Gasteiger partial charge on any atom is 0.292 e. The first-order valence-electron chi connectivity index (χ1n) is 4.93. The van der Waals surface area contributed by atoms with Gasteiger partial charge in [0, 0.05) is 0 Å². The molecule has 0 bridgehead atoms. The Morgan fingerprint density at radius 1 is 1.56 bits per heavy atom. The highest BCUT2D eigenvalue weighted by Gasteiger charge is 2.28. The van der Waals surface area contributed by atoms with Gasteiger partial charge in [0.1, 0.15) is 4.47 Å². The fourth-order valence-corrected chi connectivity index (χ4v) is 2.26. The lowest BCUT2D eigenvalue weighted by Crippen LogP contribution is -2.17. The van der Waals surface area contributed by atoms with Crippen LogP contribution in [-0.2, 0) is 0 Å². The highest BCUT2D eigenvalue weighted by atomic mass is 79.9. The van der Waals surface area contributed by atoms with E-state index in [9.17, 15) is 10.1 Å². The van der Waals surface area contributed by atoms with Crippen molar-refractivity contribution >= 4 is 21.6 Å². The molecule has 0 aliphatic heterocycles. The Hall–Kier alpha value is -1.38. The Balaban J connectivity index is 3.59. The molecule has 0 aromatic heterocycles. The third-order valence-corrected chi connectivity index (χ3v) is 3.13. The van der Waals surface area contributed by atoms with Crippen molar-refractivity contribution in [1.29, 1.82) is 0 Å². The van der Waals surface area contributed by atoms with Crippen molar-refractivity contribution < 1.29 is 19.5 Å². The summed E-state index contributed by atoms with van der Waals surface area (Å²) >= 11 is 3.10. The Morgan fingerprint density at radius 2 is 2.17 bits per heavy atom. The molecular weight excluding hydrogens is 308 g/mol. The topological polar surface area (TPSA) is 108 Å². The number of halogens is 1. The van der Waals surface area contributed by atoms with Crippen LogP contribution in [-0.4, -0.2) is 30.9 Å². The number of methoxy groups -OCH3 is 2. The fourth-order valence-electron chi connectivity index (χ4n) is 1.53. The maximum atomic E-state index is 11.1. The van der Waals surface area contributed by atoms with Crippen LogP contribution in [0.25, 0.3) is 0 Å². The van der Waals surface area contributed by atoms with E-state index in [1.807, 2.05) is 0 Å². The molecule has 0 aliphatic carbocycles. The third-order valence-electron chi connectivity index (χ3n) is 2.39. The van der Waals surface area contributed by atoms with Gasteiger partial charge in [-0.1, -0.05) is 0 Å². The molecule has 0 aliphatic rings. The van der Waals surface area contributed by atoms with Crippen LogP contribution >= 0.6 is 15.9 Å². The molecule has 7 nitrogen and oxygen atoms in total. The molecule has 0 saturated heterocycles. The van der Waals surface area contributed by atoms with Gasteiger partial charge in [-0.15, -0.1) is 0 Å². The molecule has 0 radical (unpaired) electrons. The lowest BCUT2D eigenvalue weighted by Gasteiger charge is -2.15. The van der Waals surface area contributed by atoms with Crippen molar-refractivity contribution in [2.24, 2.45) is 5.73 Å². The number of aliphatic hydroxyl groups excluding tert-OH is 1. The molecule has 1 aromatic rings. The minimum Gasteiger partial charge on any atom is -0.493 e. The first kappa shape index (κ1) is 14.7. The smallest absolute Gasteiger partial charge is 0.292 e. The number of nitrogens with zero attached hydrogens (tertiary/aromatic N) is 1. The Bertz CT molecular complexity index is 466. The minimum atomic E-state index is -0.874. The number of nitro groups is 1. The summed E-state index contributed by atoms with van der Waals surface area (Å²) in [7, 11) is 2.78. The number of aliphatic hydroxyl groups is 1. The van der Waals surface area contributed by atoms with E-state index in [0.717, 1.165) is 0 Å². The predicted octanol–water partition coefficient (Wildman–Crippen LogP) is 1.37. The molecule has 1 rings (SSSR count). The third kappa shape index (κ3) is 2.55. The van der Waals surface area contributed by atoms with Gasteiger partial charge in [0.15, 0.2) is 11.5 Å². The zero-order chi connectivity index (χ0) is 13.9. The fraction of sp³-hybridized carbons (Fsp3) is 0.400. The predicted molar refractivity (Wildman–Crippen MR) is 67.9 cm³/mol. The zero-order valence-electron chi connectivity index (χ0n) is 9.84. The zero-order valence-corrected chi connectivity index (χ0v) is 11.4. The number of benzene rings is 1. The van der Waals surface area contributed by atoms with Gasteiger partial charge in [-0.05, 0) is 22.0 Å². The van der Waals surface area contributed by atoms with E-state index >= 15 is 0 Å². The summed E-state index contributed by atoms with van der Waals surface area (Å²) in [4.78, 5) is 10.5. The average Bonchev–Trinajstić information content (AvgIpc) is 2.35. The van der Waals surface area contributed by atoms with Crippen molar-refractivity contribution in [2.75, 3.05) is 20.8 Å². The number of nitro benzene ring substituents is 1. The number of ether oxygens (including phenoxy) is 2. The van der Waals surface area contributed by atoms with Gasteiger partial charge >= 0.3 is 0 Å². The van der Waals surface area contributed by atoms with E-state index in [1.54, 1.807) is 0 Å². The maximum absolute atomic E-state index is 11.1. The second kappa shape index (κ2) is 5.98. The molecule has 0 unspecified atom stereocenters. The molecule has 0 fully saturated rings. The van der Waals surface area contributed by atoms with Crippen molar-refractivity contribution in [1.82, 2.24) is 0 Å². The van der Waals surface area contributed by atoms with Gasteiger partial charge in [-0.3, -0.25) is 10.1 Å². The summed E-state index contributed by atoms with van der Waals surface area (Å²) in [5.41, 5.74) is 5.58. The van der Waals surface area contributed by atoms with Crippen LogP contribution in [0, 0.1) is 10.1 Å². The lowest BCUT2D eigenvalue weighted by atomic mass is 10.1. The number of hydrogen-bond acceptors (Lipinski definition) is 6. The molecular formula is C10H13BrN2O5. The first-order chi connectivity index (χ1) is 8.47. The van der Waals surface area contributed by atoms with E-state index in [1.165, 1.54) is 20.3 Å². The average molecular weight is 321 g/mol. The highest BCUT2D eigenvalue weighted by Crippen LogP contribution is 2.45. The van der Waals surface area contributed by atoms with Crippen molar-refractivity contribution in [3.8, 4) is 11.5 Å².